The zero-order chi connectivity index (χ0) is 60.9. The van der Waals surface area contributed by atoms with Crippen LogP contribution < -0.4 is 0 Å². The number of rotatable bonds is 20. The third-order valence-electron chi connectivity index (χ3n) is 8.51. The molecule has 0 spiro atoms. The van der Waals surface area contributed by atoms with Crippen molar-refractivity contribution >= 4 is 11.9 Å². The molecule has 0 aliphatic carbocycles. The van der Waals surface area contributed by atoms with Crippen molar-refractivity contribution in [1.29, 1.82) is 0 Å². The first-order valence-electron chi connectivity index (χ1n) is 15.0. The maximum atomic E-state index is 14.0. The van der Waals surface area contributed by atoms with Crippen LogP contribution in [-0.2, 0) is 14.3 Å². The van der Waals surface area contributed by atoms with Crippen molar-refractivity contribution in [2.45, 2.75) is 131 Å². The Morgan fingerprint density at radius 1 is 0.164 bits per heavy atom. The lowest BCUT2D eigenvalue weighted by atomic mass is 9.85. The fourth-order valence-electron chi connectivity index (χ4n) is 3.98. The molecule has 3 nitrogen and oxygen atoms in total. The average molecular weight is 1210 g/mol. The first kappa shape index (κ1) is 68.9. The molecule has 0 aliphatic rings. The van der Waals surface area contributed by atoms with Crippen molar-refractivity contribution in [1.82, 2.24) is 0 Å². The smallest absolute Gasteiger partial charge is 0.384 e. The predicted molar refractivity (Wildman–Crippen MR) is 122 cm³/mol. The Hall–Kier alpha value is -4.08. The van der Waals surface area contributed by atoms with Crippen LogP contribution in [0.15, 0.2) is 0 Å². The Balaban J connectivity index is 7.61. The highest BCUT2D eigenvalue weighted by molar-refractivity contribution is 5.93. The zero-order valence-corrected chi connectivity index (χ0v) is 30.6. The molecule has 0 radical (unpaired) electrons. The summed E-state index contributed by atoms with van der Waals surface area (Å²) in [7, 11) is 0. The van der Waals surface area contributed by atoms with Crippen LogP contribution >= 0.6 is 0 Å². The highest BCUT2D eigenvalue weighted by atomic mass is 19.5. The minimum absolute atomic E-state index is 1.17. The van der Waals surface area contributed by atoms with Crippen molar-refractivity contribution in [3.05, 3.63) is 0 Å². The Morgan fingerprint density at radius 2 is 0.260 bits per heavy atom. The van der Waals surface area contributed by atoms with E-state index in [4.69, 9.17) is 0 Å². The fourth-order valence-corrected chi connectivity index (χ4v) is 3.98. The van der Waals surface area contributed by atoms with Gasteiger partial charge in [0.2, 0.25) is 0 Å². The van der Waals surface area contributed by atoms with E-state index in [-0.39, 0.29) is 0 Å². The van der Waals surface area contributed by atoms with Crippen LogP contribution in [0.1, 0.15) is 0 Å². The summed E-state index contributed by atoms with van der Waals surface area (Å²) in [5, 5.41) is 0. The molecule has 0 bridgehead atoms. The third-order valence-corrected chi connectivity index (χ3v) is 8.51. The molecule has 49 heteroatoms. The van der Waals surface area contributed by atoms with Crippen LogP contribution in [0.2, 0.25) is 0 Å². The van der Waals surface area contributed by atoms with E-state index in [9.17, 15) is 212 Å². The van der Waals surface area contributed by atoms with Gasteiger partial charge in [-0.3, -0.25) is 0 Å². The highest BCUT2D eigenvalue weighted by Crippen LogP contribution is 2.70. The lowest BCUT2D eigenvalue weighted by Gasteiger charge is -2.45. The van der Waals surface area contributed by atoms with E-state index in [0.29, 0.717) is 0 Å². The molecule has 0 aliphatic heterocycles. The van der Waals surface area contributed by atoms with Gasteiger partial charge in [0.05, 0.1) is 0 Å². The van der Waals surface area contributed by atoms with Gasteiger partial charge in [0.15, 0.2) is 0 Å². The van der Waals surface area contributed by atoms with Crippen LogP contribution in [0.4, 0.5) is 202 Å². The van der Waals surface area contributed by atoms with Crippen LogP contribution in [0.25, 0.3) is 0 Å². The molecule has 0 unspecified atom stereocenters. The number of halogens is 46. The van der Waals surface area contributed by atoms with Gasteiger partial charge in [-0.05, 0) is 0 Å². The van der Waals surface area contributed by atoms with Crippen LogP contribution in [0, 0.1) is 0 Å². The molecule has 0 saturated heterocycles. The van der Waals surface area contributed by atoms with E-state index in [1.165, 1.54) is 4.74 Å². The summed E-state index contributed by atoms with van der Waals surface area (Å²) < 4.78 is 621. The molecule has 0 fully saturated rings. The molecular formula is C24F46O3. The maximum Gasteiger partial charge on any atom is 0.460 e. The zero-order valence-electron chi connectivity index (χ0n) is 30.6. The van der Waals surface area contributed by atoms with Gasteiger partial charge in [0.25, 0.3) is 0 Å². The lowest BCUT2D eigenvalue weighted by Crippen LogP contribution is -2.78. The largest absolute Gasteiger partial charge is 0.460 e. The van der Waals surface area contributed by atoms with Gasteiger partial charge in [-0.25, -0.2) is 9.59 Å². The van der Waals surface area contributed by atoms with Gasteiger partial charge < -0.3 is 4.74 Å². The summed E-state index contributed by atoms with van der Waals surface area (Å²) in [6.45, 7) is 0. The molecule has 0 heterocycles. The van der Waals surface area contributed by atoms with Gasteiger partial charge in [0.1, 0.15) is 0 Å². The van der Waals surface area contributed by atoms with Gasteiger partial charge in [-0.15, -0.1) is 0 Å². The summed E-state index contributed by atoms with van der Waals surface area (Å²) in [5.74, 6) is -210. The Kier molecular flexibility index (Phi) is 15.8. The molecule has 436 valence electrons. The minimum atomic E-state index is -10.3. The summed E-state index contributed by atoms with van der Waals surface area (Å²) in [5.41, 5.74) is 0. The van der Waals surface area contributed by atoms with Crippen LogP contribution in [-0.4, -0.2) is 143 Å². The number of carbonyl (C=O) groups excluding carboxylic acids is 2. The summed E-state index contributed by atoms with van der Waals surface area (Å²) in [6, 6.07) is 0. The molecule has 73 heavy (non-hydrogen) atoms. The maximum absolute atomic E-state index is 14.0. The Labute approximate surface area is 360 Å². The molecule has 0 N–H and O–H groups in total. The molecule has 0 aromatic heterocycles. The van der Waals surface area contributed by atoms with Gasteiger partial charge in [0, 0.05) is 0 Å². The second kappa shape index (κ2) is 16.7. The van der Waals surface area contributed by atoms with Crippen molar-refractivity contribution in [3.63, 3.8) is 0 Å². The van der Waals surface area contributed by atoms with Crippen LogP contribution in [0.5, 0.6) is 0 Å². The standard InChI is InChI=1S/C24F46O3/c25-3(26,5(29,30)7(33,34)9(37,38)11(41,42)13(45,46)15(49,50)17(53,54)19(57,58)21(61,62)23(65,66)67)1(71)73-2(72)4(27,28)6(31,32)8(35,36)10(39,40)12(43,44)14(47,48)16(51,52)18(55,56)20(59,60)22(63,64)24(68,69)70. The van der Waals surface area contributed by atoms with Crippen molar-refractivity contribution < 1.29 is 216 Å². The van der Waals surface area contributed by atoms with E-state index >= 15 is 0 Å². The summed E-state index contributed by atoms with van der Waals surface area (Å²) in [4.78, 5) is 22.2. The monoisotopic (exact) mass is 1210 g/mol. The predicted octanol–water partition coefficient (Wildman–Crippen LogP) is 13.9. The fraction of sp³-hybridized carbons (Fsp3) is 0.917. The SMILES string of the molecule is O=C(OC(=O)C(F)(F)C(F)(F)C(F)(F)C(F)(F)C(F)(F)C(F)(F)C(F)(F)C(F)(F)C(F)(F)C(F)(F)C(F)(F)F)C(F)(F)C(F)(F)C(F)(F)C(F)(F)C(F)(F)C(F)(F)C(F)(F)C(F)(F)C(F)(F)C(F)(F)C(F)(F)F. The number of alkyl halides is 46. The average Bonchev–Trinajstić information content (AvgIpc) is 3.15. The summed E-state index contributed by atoms with van der Waals surface area (Å²) >= 11 is 0. The second-order valence-electron chi connectivity index (χ2n) is 13.2. The molecule has 0 atom stereocenters. The third kappa shape index (κ3) is 8.01. The molecule has 0 rings (SSSR count). The quantitative estimate of drug-likeness (QED) is 0.0693. The number of ether oxygens (including phenoxy) is 1. The van der Waals surface area contributed by atoms with E-state index in [1.807, 2.05) is 0 Å². The molecule has 0 saturated carbocycles. The van der Waals surface area contributed by atoms with E-state index in [1.54, 1.807) is 0 Å². The van der Waals surface area contributed by atoms with Crippen LogP contribution in [0.3, 0.4) is 0 Å². The van der Waals surface area contributed by atoms with Crippen molar-refractivity contribution in [2.24, 2.45) is 0 Å². The topological polar surface area (TPSA) is 43.4 Å². The molecule has 0 aromatic carbocycles. The normalized spacial score (nSPS) is 17.0. The number of carbonyl (C=O) groups is 2. The van der Waals surface area contributed by atoms with E-state index < -0.39 is 143 Å². The van der Waals surface area contributed by atoms with Gasteiger partial charge >= 0.3 is 143 Å². The molecule has 0 aromatic rings. The van der Waals surface area contributed by atoms with Crippen molar-refractivity contribution in [2.75, 3.05) is 0 Å². The Morgan fingerprint density at radius 3 is 0.370 bits per heavy atom. The number of hydrogen-bond acceptors (Lipinski definition) is 3. The number of hydrogen-bond donors (Lipinski definition) is 0. The highest BCUT2D eigenvalue weighted by Gasteiger charge is 3.01. The van der Waals surface area contributed by atoms with Gasteiger partial charge in [-0.1, -0.05) is 0 Å². The second-order valence-corrected chi connectivity index (χ2v) is 13.2. The Bertz CT molecular complexity index is 1910. The van der Waals surface area contributed by atoms with E-state index in [0.717, 1.165) is 0 Å². The first-order chi connectivity index (χ1) is 30.5. The van der Waals surface area contributed by atoms with E-state index in [2.05, 4.69) is 0 Å². The van der Waals surface area contributed by atoms with Crippen molar-refractivity contribution in [3.8, 4) is 0 Å². The first-order valence-corrected chi connectivity index (χ1v) is 15.0. The number of esters is 2. The minimum Gasteiger partial charge on any atom is -0.384 e. The van der Waals surface area contributed by atoms with Gasteiger partial charge in [-0.2, -0.15) is 202 Å². The lowest BCUT2D eigenvalue weighted by molar-refractivity contribution is -0.478. The molecule has 0 amide bonds. The molecular weight excluding hydrogens is 1210 g/mol. The summed E-state index contributed by atoms with van der Waals surface area (Å²) in [6.07, 6.45) is -17.0.